The van der Waals surface area contributed by atoms with Gasteiger partial charge in [0, 0.05) is 0 Å². The van der Waals surface area contributed by atoms with Gasteiger partial charge in [-0.2, -0.15) is 0 Å². The van der Waals surface area contributed by atoms with Crippen molar-refractivity contribution in [3.63, 3.8) is 0 Å². The van der Waals surface area contributed by atoms with E-state index in [2.05, 4.69) is 27.4 Å². The smallest absolute Gasteiger partial charge is 0.0323 e. The molecular formula is C13H26. The molecule has 78 valence electrons. The van der Waals surface area contributed by atoms with Crippen LogP contribution in [0.3, 0.4) is 0 Å². The fraction of sp³-hybridized carbons (Fsp3) is 0.846. The molecular weight excluding hydrogens is 156 g/mol. The van der Waals surface area contributed by atoms with E-state index in [1.807, 2.05) is 0 Å². The monoisotopic (exact) mass is 182 g/mol. The molecule has 13 heavy (non-hydrogen) atoms. The second-order valence-electron chi connectivity index (χ2n) is 4.45. The normalized spacial score (nSPS) is 12.8. The van der Waals surface area contributed by atoms with Gasteiger partial charge in [-0.25, -0.2) is 0 Å². The lowest BCUT2D eigenvalue weighted by atomic mass is 9.96. The Morgan fingerprint density at radius 1 is 1.15 bits per heavy atom. The van der Waals surface area contributed by atoms with Crippen molar-refractivity contribution >= 4 is 0 Å². The Kier molecular flexibility index (Phi) is 8.18. The Balaban J connectivity index is 3.19. The molecule has 0 rings (SSSR count). The van der Waals surface area contributed by atoms with E-state index >= 15 is 0 Å². The van der Waals surface area contributed by atoms with Gasteiger partial charge in [-0.3, -0.25) is 0 Å². The fourth-order valence-corrected chi connectivity index (χ4v) is 1.56. The number of hydrogen-bond acceptors (Lipinski definition) is 0. The molecule has 0 fully saturated rings. The molecule has 0 heteroatoms. The van der Waals surface area contributed by atoms with Crippen LogP contribution in [0.15, 0.2) is 12.2 Å². The summed E-state index contributed by atoms with van der Waals surface area (Å²) in [7, 11) is 0. The lowest BCUT2D eigenvalue weighted by Gasteiger charge is -2.10. The molecule has 0 heterocycles. The summed E-state index contributed by atoms with van der Waals surface area (Å²) >= 11 is 0. The highest BCUT2D eigenvalue weighted by atomic mass is 14.1. The van der Waals surface area contributed by atoms with Crippen LogP contribution in [0.5, 0.6) is 0 Å². The van der Waals surface area contributed by atoms with Crippen LogP contribution in [0.4, 0.5) is 0 Å². The highest BCUT2D eigenvalue weighted by Crippen LogP contribution is 2.17. The molecule has 0 spiro atoms. The average molecular weight is 182 g/mol. The van der Waals surface area contributed by atoms with Gasteiger partial charge in [-0.15, -0.1) is 6.58 Å². The summed E-state index contributed by atoms with van der Waals surface area (Å²) in [5.41, 5.74) is 1.33. The molecule has 0 N–H and O–H groups in total. The maximum absolute atomic E-state index is 3.94. The molecule has 0 amide bonds. The molecule has 1 atom stereocenters. The molecule has 0 saturated carbocycles. The van der Waals surface area contributed by atoms with E-state index in [1.165, 1.54) is 50.5 Å². The Morgan fingerprint density at radius 3 is 2.38 bits per heavy atom. The predicted octanol–water partition coefficient (Wildman–Crippen LogP) is 4.95. The zero-order chi connectivity index (χ0) is 10.1. The van der Waals surface area contributed by atoms with Gasteiger partial charge in [0.05, 0.1) is 0 Å². The largest absolute Gasteiger partial charge is 0.100 e. The van der Waals surface area contributed by atoms with Crippen molar-refractivity contribution < 1.29 is 0 Å². The fourth-order valence-electron chi connectivity index (χ4n) is 1.56. The highest BCUT2D eigenvalue weighted by molar-refractivity contribution is 4.87. The van der Waals surface area contributed by atoms with Crippen LogP contribution >= 0.6 is 0 Å². The minimum Gasteiger partial charge on any atom is -0.100 e. The third-order valence-electron chi connectivity index (χ3n) is 2.61. The molecule has 0 aliphatic heterocycles. The summed E-state index contributed by atoms with van der Waals surface area (Å²) in [6, 6.07) is 0. The summed E-state index contributed by atoms with van der Waals surface area (Å²) in [6.07, 6.45) is 9.57. The van der Waals surface area contributed by atoms with E-state index in [9.17, 15) is 0 Å². The van der Waals surface area contributed by atoms with Gasteiger partial charge in [0.15, 0.2) is 0 Å². The van der Waals surface area contributed by atoms with Gasteiger partial charge < -0.3 is 0 Å². The van der Waals surface area contributed by atoms with Crippen molar-refractivity contribution in [2.24, 2.45) is 5.92 Å². The van der Waals surface area contributed by atoms with E-state index in [-0.39, 0.29) is 0 Å². The molecule has 0 aromatic rings. The second kappa shape index (κ2) is 8.34. The maximum atomic E-state index is 3.94. The number of rotatable bonds is 8. The molecule has 1 unspecified atom stereocenters. The van der Waals surface area contributed by atoms with Crippen LogP contribution < -0.4 is 0 Å². The first-order valence-electron chi connectivity index (χ1n) is 5.81. The van der Waals surface area contributed by atoms with Crippen LogP contribution in [0.1, 0.15) is 65.7 Å². The Morgan fingerprint density at radius 2 is 1.85 bits per heavy atom. The first-order chi connectivity index (χ1) is 6.16. The number of hydrogen-bond donors (Lipinski definition) is 0. The predicted molar refractivity (Wildman–Crippen MR) is 62.0 cm³/mol. The van der Waals surface area contributed by atoms with E-state index < -0.39 is 0 Å². The minimum atomic E-state index is 0.897. The third kappa shape index (κ3) is 9.66. The molecule has 0 aliphatic rings. The van der Waals surface area contributed by atoms with E-state index in [0.717, 1.165) is 5.92 Å². The number of unbranched alkanes of at least 4 members (excludes halogenated alkanes) is 3. The number of allylic oxidation sites excluding steroid dienone is 1. The summed E-state index contributed by atoms with van der Waals surface area (Å²) in [5, 5.41) is 0. The van der Waals surface area contributed by atoms with Crippen LogP contribution in [0.25, 0.3) is 0 Å². The molecule has 0 radical (unpaired) electrons. The SMILES string of the molecule is C=C(C)CCC(C)CCCCCC. The summed E-state index contributed by atoms with van der Waals surface area (Å²) in [4.78, 5) is 0. The van der Waals surface area contributed by atoms with Gasteiger partial charge in [-0.1, -0.05) is 51.5 Å². The van der Waals surface area contributed by atoms with Crippen molar-refractivity contribution in [2.45, 2.75) is 65.7 Å². The Bertz CT molecular complexity index is 124. The van der Waals surface area contributed by atoms with Gasteiger partial charge in [0.2, 0.25) is 0 Å². The zero-order valence-corrected chi connectivity index (χ0v) is 9.73. The molecule has 0 aromatic carbocycles. The van der Waals surface area contributed by atoms with Crippen LogP contribution in [-0.2, 0) is 0 Å². The summed E-state index contributed by atoms with van der Waals surface area (Å²) < 4.78 is 0. The Labute approximate surface area is 84.4 Å². The van der Waals surface area contributed by atoms with E-state index in [1.54, 1.807) is 0 Å². The van der Waals surface area contributed by atoms with Crippen LogP contribution in [0, 0.1) is 5.92 Å². The maximum Gasteiger partial charge on any atom is -0.0323 e. The molecule has 0 aromatic heterocycles. The van der Waals surface area contributed by atoms with Gasteiger partial charge in [0.25, 0.3) is 0 Å². The standard InChI is InChI=1S/C13H26/c1-5-6-7-8-9-13(4)11-10-12(2)3/h13H,2,5-11H2,1,3-4H3. The highest BCUT2D eigenvalue weighted by Gasteiger charge is 2.01. The first kappa shape index (κ1) is 12.7. The van der Waals surface area contributed by atoms with Crippen molar-refractivity contribution in [2.75, 3.05) is 0 Å². The third-order valence-corrected chi connectivity index (χ3v) is 2.61. The van der Waals surface area contributed by atoms with E-state index in [0.29, 0.717) is 0 Å². The summed E-state index contributed by atoms with van der Waals surface area (Å²) in [6.45, 7) is 10.7. The lowest BCUT2D eigenvalue weighted by Crippen LogP contribution is -1.95. The van der Waals surface area contributed by atoms with Gasteiger partial charge in [-0.05, 0) is 25.7 Å². The van der Waals surface area contributed by atoms with Crippen molar-refractivity contribution in [3.05, 3.63) is 12.2 Å². The molecule has 0 saturated heterocycles. The quantitative estimate of drug-likeness (QED) is 0.368. The molecule has 0 aliphatic carbocycles. The van der Waals surface area contributed by atoms with E-state index in [4.69, 9.17) is 0 Å². The first-order valence-corrected chi connectivity index (χ1v) is 5.81. The second-order valence-corrected chi connectivity index (χ2v) is 4.45. The Hall–Kier alpha value is -0.260. The van der Waals surface area contributed by atoms with Gasteiger partial charge in [0.1, 0.15) is 0 Å². The molecule has 0 bridgehead atoms. The topological polar surface area (TPSA) is 0 Å². The summed E-state index contributed by atoms with van der Waals surface area (Å²) in [5.74, 6) is 0.897. The lowest BCUT2D eigenvalue weighted by molar-refractivity contribution is 0.459. The van der Waals surface area contributed by atoms with Crippen LogP contribution in [-0.4, -0.2) is 0 Å². The molecule has 0 nitrogen and oxygen atoms in total. The van der Waals surface area contributed by atoms with Crippen molar-refractivity contribution in [3.8, 4) is 0 Å². The van der Waals surface area contributed by atoms with Gasteiger partial charge >= 0.3 is 0 Å². The van der Waals surface area contributed by atoms with Crippen LogP contribution in [0.2, 0.25) is 0 Å². The van der Waals surface area contributed by atoms with Crippen molar-refractivity contribution in [1.82, 2.24) is 0 Å². The minimum absolute atomic E-state index is 0.897. The average Bonchev–Trinajstić information content (AvgIpc) is 2.09. The zero-order valence-electron chi connectivity index (χ0n) is 9.73. The van der Waals surface area contributed by atoms with Crippen molar-refractivity contribution in [1.29, 1.82) is 0 Å².